The van der Waals surface area contributed by atoms with Crippen LogP contribution in [0.4, 0.5) is 13.2 Å². The highest BCUT2D eigenvalue weighted by molar-refractivity contribution is 14.0. The minimum absolute atomic E-state index is 0. The molecule has 3 N–H and O–H groups in total. The maximum absolute atomic E-state index is 12.0. The molecule has 0 unspecified atom stereocenters. The molecular formula is C15H16F3IN4O. The molecular weight excluding hydrogens is 436 g/mol. The van der Waals surface area contributed by atoms with Crippen LogP contribution >= 0.6 is 24.0 Å². The summed E-state index contributed by atoms with van der Waals surface area (Å²) >= 11 is 0. The molecule has 130 valence electrons. The number of pyridine rings is 1. The van der Waals surface area contributed by atoms with Crippen molar-refractivity contribution in [3.63, 3.8) is 0 Å². The van der Waals surface area contributed by atoms with Crippen LogP contribution in [0, 0.1) is 0 Å². The Morgan fingerprint density at radius 1 is 1.17 bits per heavy atom. The van der Waals surface area contributed by atoms with Gasteiger partial charge in [0.1, 0.15) is 5.75 Å². The average Bonchev–Trinajstić information content (AvgIpc) is 2.52. The predicted octanol–water partition coefficient (Wildman–Crippen LogP) is 3.20. The summed E-state index contributed by atoms with van der Waals surface area (Å²) < 4.78 is 39.9. The lowest BCUT2D eigenvalue weighted by molar-refractivity contribution is -0.274. The van der Waals surface area contributed by atoms with E-state index in [2.05, 4.69) is 20.0 Å². The van der Waals surface area contributed by atoms with E-state index in [9.17, 15) is 13.2 Å². The Morgan fingerprint density at radius 2 is 1.88 bits per heavy atom. The topological polar surface area (TPSA) is 72.5 Å². The van der Waals surface area contributed by atoms with Gasteiger partial charge in [-0.3, -0.25) is 4.98 Å². The summed E-state index contributed by atoms with van der Waals surface area (Å²) in [7, 11) is 0. The van der Waals surface area contributed by atoms with Gasteiger partial charge in [0.2, 0.25) is 0 Å². The Hall–Kier alpha value is -2.04. The zero-order valence-electron chi connectivity index (χ0n) is 12.5. The Bertz CT molecular complexity index is 648. The van der Waals surface area contributed by atoms with Crippen LogP contribution < -0.4 is 15.8 Å². The number of guanidine groups is 1. The number of aromatic nitrogens is 1. The normalized spacial score (nSPS) is 11.5. The van der Waals surface area contributed by atoms with Gasteiger partial charge in [-0.1, -0.05) is 18.2 Å². The van der Waals surface area contributed by atoms with E-state index in [1.807, 2.05) is 18.2 Å². The lowest BCUT2D eigenvalue weighted by Crippen LogP contribution is -2.31. The number of hydrogen-bond acceptors (Lipinski definition) is 3. The lowest BCUT2D eigenvalue weighted by atomic mass is 10.2. The zero-order chi connectivity index (χ0) is 16.7. The molecule has 0 aliphatic carbocycles. The van der Waals surface area contributed by atoms with E-state index in [1.165, 1.54) is 24.3 Å². The first-order valence-corrected chi connectivity index (χ1v) is 6.71. The summed E-state index contributed by atoms with van der Waals surface area (Å²) in [4.78, 5) is 8.24. The van der Waals surface area contributed by atoms with Gasteiger partial charge in [0.15, 0.2) is 5.96 Å². The highest BCUT2D eigenvalue weighted by atomic mass is 127. The maximum atomic E-state index is 12.0. The summed E-state index contributed by atoms with van der Waals surface area (Å²) in [5.41, 5.74) is 7.25. The van der Waals surface area contributed by atoms with Gasteiger partial charge in [-0.2, -0.15) is 0 Å². The van der Waals surface area contributed by atoms with Gasteiger partial charge in [0.05, 0.1) is 18.8 Å². The smallest absolute Gasteiger partial charge is 0.406 e. The first-order valence-electron chi connectivity index (χ1n) is 6.71. The van der Waals surface area contributed by atoms with Crippen LogP contribution in [-0.4, -0.2) is 17.3 Å². The Kier molecular flexibility index (Phi) is 7.75. The van der Waals surface area contributed by atoms with Gasteiger partial charge < -0.3 is 15.8 Å². The standard InChI is InChI=1S/C15H15F3N4O.HI/c16-15(17,18)23-13-6-4-11(5-7-13)9-21-14(19)22-10-12-3-1-2-8-20-12;/h1-8H,9-10H2,(H3,19,21,22);1H. The SMILES string of the molecule is I.NC(=NCc1ccc(OC(F)(F)F)cc1)NCc1ccccn1. The van der Waals surface area contributed by atoms with Crippen molar-refractivity contribution >= 4 is 29.9 Å². The Morgan fingerprint density at radius 3 is 2.46 bits per heavy atom. The van der Waals surface area contributed by atoms with E-state index in [0.29, 0.717) is 12.1 Å². The number of nitrogens with one attached hydrogen (secondary N) is 1. The van der Waals surface area contributed by atoms with Crippen LogP contribution in [0.15, 0.2) is 53.7 Å². The molecule has 1 aromatic heterocycles. The Balaban J connectivity index is 0.00000288. The molecule has 0 saturated carbocycles. The van der Waals surface area contributed by atoms with Crippen molar-refractivity contribution < 1.29 is 17.9 Å². The van der Waals surface area contributed by atoms with Crippen molar-refractivity contribution in [1.29, 1.82) is 0 Å². The second kappa shape index (κ2) is 9.30. The number of nitrogens with zero attached hydrogens (tertiary/aromatic N) is 2. The number of nitrogens with two attached hydrogens (primary N) is 1. The zero-order valence-corrected chi connectivity index (χ0v) is 14.8. The van der Waals surface area contributed by atoms with Gasteiger partial charge in [-0.05, 0) is 29.8 Å². The van der Waals surface area contributed by atoms with Crippen LogP contribution in [-0.2, 0) is 13.1 Å². The third-order valence-electron chi connectivity index (χ3n) is 2.77. The molecule has 9 heteroatoms. The van der Waals surface area contributed by atoms with E-state index in [-0.39, 0.29) is 42.2 Å². The number of benzene rings is 1. The van der Waals surface area contributed by atoms with Crippen molar-refractivity contribution in [2.75, 3.05) is 0 Å². The van der Waals surface area contributed by atoms with Crippen molar-refractivity contribution in [1.82, 2.24) is 10.3 Å². The van der Waals surface area contributed by atoms with Crippen LogP contribution in [0.25, 0.3) is 0 Å². The number of aliphatic imine (C=N–C) groups is 1. The van der Waals surface area contributed by atoms with Crippen LogP contribution in [0.5, 0.6) is 5.75 Å². The lowest BCUT2D eigenvalue weighted by Gasteiger charge is -2.09. The van der Waals surface area contributed by atoms with Crippen LogP contribution in [0.2, 0.25) is 0 Å². The summed E-state index contributed by atoms with van der Waals surface area (Å²) in [6, 6.07) is 11.0. The quantitative estimate of drug-likeness (QED) is 0.416. The van der Waals surface area contributed by atoms with Gasteiger partial charge in [-0.15, -0.1) is 37.1 Å². The Labute approximate surface area is 154 Å². The highest BCUT2D eigenvalue weighted by Crippen LogP contribution is 2.22. The third-order valence-corrected chi connectivity index (χ3v) is 2.77. The second-order valence-electron chi connectivity index (χ2n) is 4.57. The number of alkyl halides is 3. The van der Waals surface area contributed by atoms with Crippen molar-refractivity contribution in [2.24, 2.45) is 10.7 Å². The van der Waals surface area contributed by atoms with Gasteiger partial charge in [0.25, 0.3) is 0 Å². The van der Waals surface area contributed by atoms with Crippen LogP contribution in [0.3, 0.4) is 0 Å². The second-order valence-corrected chi connectivity index (χ2v) is 4.57. The van der Waals surface area contributed by atoms with Gasteiger partial charge >= 0.3 is 6.36 Å². The minimum atomic E-state index is -4.69. The largest absolute Gasteiger partial charge is 0.573 e. The molecule has 0 atom stereocenters. The summed E-state index contributed by atoms with van der Waals surface area (Å²) in [5.74, 6) is -0.0438. The van der Waals surface area contributed by atoms with Crippen LogP contribution in [0.1, 0.15) is 11.3 Å². The molecule has 0 aliphatic rings. The fourth-order valence-electron chi connectivity index (χ4n) is 1.71. The molecule has 5 nitrogen and oxygen atoms in total. The van der Waals surface area contributed by atoms with Crippen molar-refractivity contribution in [2.45, 2.75) is 19.5 Å². The summed E-state index contributed by atoms with van der Waals surface area (Å²) in [5, 5.41) is 2.90. The van der Waals surface area contributed by atoms with E-state index in [1.54, 1.807) is 6.20 Å². The fourth-order valence-corrected chi connectivity index (χ4v) is 1.71. The van der Waals surface area contributed by atoms with Gasteiger partial charge in [0, 0.05) is 6.20 Å². The summed E-state index contributed by atoms with van der Waals surface area (Å²) in [6.07, 6.45) is -3.02. The van der Waals surface area contributed by atoms with Gasteiger partial charge in [-0.25, -0.2) is 4.99 Å². The number of ether oxygens (including phenoxy) is 1. The third kappa shape index (κ3) is 7.49. The van der Waals surface area contributed by atoms with Crippen molar-refractivity contribution in [3.8, 4) is 5.75 Å². The summed E-state index contributed by atoms with van der Waals surface area (Å²) in [6.45, 7) is 0.682. The van der Waals surface area contributed by atoms with E-state index in [0.717, 1.165) is 5.69 Å². The molecule has 0 bridgehead atoms. The minimum Gasteiger partial charge on any atom is -0.406 e. The van der Waals surface area contributed by atoms with Crippen molar-refractivity contribution in [3.05, 3.63) is 59.9 Å². The molecule has 0 radical (unpaired) electrons. The first-order chi connectivity index (χ1) is 10.9. The molecule has 2 aromatic rings. The monoisotopic (exact) mass is 452 g/mol. The number of rotatable bonds is 5. The average molecular weight is 452 g/mol. The molecule has 0 amide bonds. The van der Waals surface area contributed by atoms with E-state index < -0.39 is 6.36 Å². The molecule has 0 saturated heterocycles. The molecule has 0 fully saturated rings. The molecule has 1 heterocycles. The van der Waals surface area contributed by atoms with E-state index in [4.69, 9.17) is 5.73 Å². The fraction of sp³-hybridized carbons (Fsp3) is 0.200. The molecule has 1 aromatic carbocycles. The predicted molar refractivity (Wildman–Crippen MR) is 94.9 cm³/mol. The highest BCUT2D eigenvalue weighted by Gasteiger charge is 2.30. The molecule has 0 spiro atoms. The van der Waals surface area contributed by atoms with E-state index >= 15 is 0 Å². The maximum Gasteiger partial charge on any atom is 0.573 e. The molecule has 24 heavy (non-hydrogen) atoms. The number of halogens is 4. The number of hydrogen-bond donors (Lipinski definition) is 2. The molecule has 2 rings (SSSR count). The first kappa shape index (κ1) is 20.0. The molecule has 0 aliphatic heterocycles.